The first kappa shape index (κ1) is 19.7. The van der Waals surface area contributed by atoms with Gasteiger partial charge in [-0.2, -0.15) is 0 Å². The van der Waals surface area contributed by atoms with Gasteiger partial charge in [-0.1, -0.05) is 42.5 Å². The minimum Gasteiger partial charge on any atom is -0.485 e. The van der Waals surface area contributed by atoms with Crippen molar-refractivity contribution in [3.05, 3.63) is 65.7 Å². The molecule has 2 aromatic carbocycles. The van der Waals surface area contributed by atoms with Crippen molar-refractivity contribution in [3.8, 4) is 5.75 Å². The van der Waals surface area contributed by atoms with E-state index in [9.17, 15) is 9.59 Å². The zero-order valence-corrected chi connectivity index (χ0v) is 15.1. The molecule has 0 aliphatic carbocycles. The molecule has 0 aromatic heterocycles. The molecular weight excluding hydrogens is 332 g/mol. The number of rotatable bonds is 10. The Hall–Kier alpha value is -2.66. The highest BCUT2D eigenvalue weighted by atomic mass is 16.6. The van der Waals surface area contributed by atoms with E-state index in [4.69, 9.17) is 14.2 Å². The van der Waals surface area contributed by atoms with Crippen molar-refractivity contribution in [2.24, 2.45) is 0 Å². The number of ketones is 1. The van der Waals surface area contributed by atoms with Crippen LogP contribution in [0.25, 0.3) is 0 Å². The maximum absolute atomic E-state index is 12.0. The molecule has 0 radical (unpaired) electrons. The highest BCUT2D eigenvalue weighted by molar-refractivity contribution is 5.97. The van der Waals surface area contributed by atoms with Crippen LogP contribution < -0.4 is 4.74 Å². The van der Waals surface area contributed by atoms with Crippen molar-refractivity contribution in [1.29, 1.82) is 0 Å². The summed E-state index contributed by atoms with van der Waals surface area (Å²) in [4.78, 5) is 24.0. The summed E-state index contributed by atoms with van der Waals surface area (Å²) in [5.74, 6) is 0.165. The first-order valence-corrected chi connectivity index (χ1v) is 8.72. The van der Waals surface area contributed by atoms with Gasteiger partial charge in [0.1, 0.15) is 5.75 Å². The fourth-order valence-electron chi connectivity index (χ4n) is 2.44. The summed E-state index contributed by atoms with van der Waals surface area (Å²) in [5.41, 5.74) is 1.55. The average molecular weight is 356 g/mol. The molecule has 0 aliphatic rings. The number of hydrogen-bond acceptors (Lipinski definition) is 5. The van der Waals surface area contributed by atoms with Gasteiger partial charge in [-0.25, -0.2) is 4.79 Å². The van der Waals surface area contributed by atoms with Gasteiger partial charge in [0.15, 0.2) is 18.5 Å². The molecule has 2 rings (SSSR count). The van der Waals surface area contributed by atoms with Crippen LogP contribution in [0.4, 0.5) is 0 Å². The molecule has 0 fully saturated rings. The molecule has 0 amide bonds. The summed E-state index contributed by atoms with van der Waals surface area (Å²) >= 11 is 0. The largest absolute Gasteiger partial charge is 0.485 e. The molecule has 138 valence electrons. The lowest BCUT2D eigenvalue weighted by molar-refractivity contribution is -0.156. The van der Waals surface area contributed by atoms with E-state index in [1.165, 1.54) is 0 Å². The summed E-state index contributed by atoms with van der Waals surface area (Å²) in [7, 11) is 0. The zero-order valence-electron chi connectivity index (χ0n) is 15.1. The number of benzene rings is 2. The van der Waals surface area contributed by atoms with Crippen LogP contribution in [-0.2, 0) is 20.7 Å². The molecule has 0 N–H and O–H groups in total. The van der Waals surface area contributed by atoms with E-state index in [1.807, 2.05) is 37.3 Å². The second kappa shape index (κ2) is 10.4. The van der Waals surface area contributed by atoms with Gasteiger partial charge >= 0.3 is 5.97 Å². The molecule has 0 heterocycles. The van der Waals surface area contributed by atoms with Crippen molar-refractivity contribution in [1.82, 2.24) is 0 Å². The van der Waals surface area contributed by atoms with E-state index >= 15 is 0 Å². The molecule has 0 saturated carbocycles. The fraction of sp³-hybridized carbons (Fsp3) is 0.333. The summed E-state index contributed by atoms with van der Waals surface area (Å²) < 4.78 is 16.0. The quantitative estimate of drug-likeness (QED) is 0.482. The van der Waals surface area contributed by atoms with Gasteiger partial charge in [-0.3, -0.25) is 4.79 Å². The molecule has 0 bridgehead atoms. The Morgan fingerprint density at radius 2 is 1.62 bits per heavy atom. The van der Waals surface area contributed by atoms with Crippen molar-refractivity contribution in [2.45, 2.75) is 26.4 Å². The van der Waals surface area contributed by atoms with Crippen molar-refractivity contribution in [3.63, 3.8) is 0 Å². The Morgan fingerprint density at radius 3 is 2.23 bits per heavy atom. The van der Waals surface area contributed by atoms with Gasteiger partial charge in [0, 0.05) is 18.6 Å². The summed E-state index contributed by atoms with van der Waals surface area (Å²) in [5, 5.41) is 0. The standard InChI is InChI=1S/C21H24O5/c1-3-24-20(21(23)25-4-2)14-16-10-12-18(13-11-16)26-15-19(22)17-8-6-5-7-9-17/h5-13,20H,3-4,14-15H2,1-2H3. The third kappa shape index (κ3) is 6.01. The van der Waals surface area contributed by atoms with Gasteiger partial charge < -0.3 is 14.2 Å². The molecule has 2 aromatic rings. The Bertz CT molecular complexity index is 694. The highest BCUT2D eigenvalue weighted by Crippen LogP contribution is 2.15. The highest BCUT2D eigenvalue weighted by Gasteiger charge is 2.20. The first-order valence-electron chi connectivity index (χ1n) is 8.72. The third-order valence-electron chi connectivity index (χ3n) is 3.73. The van der Waals surface area contributed by atoms with E-state index in [1.54, 1.807) is 31.2 Å². The SMILES string of the molecule is CCOC(=O)C(Cc1ccc(OCC(=O)c2ccccc2)cc1)OCC. The predicted octanol–water partition coefficient (Wildman–Crippen LogP) is 3.46. The van der Waals surface area contributed by atoms with E-state index in [2.05, 4.69) is 0 Å². The lowest BCUT2D eigenvalue weighted by atomic mass is 10.1. The van der Waals surface area contributed by atoms with Crippen molar-refractivity contribution in [2.75, 3.05) is 19.8 Å². The predicted molar refractivity (Wildman–Crippen MR) is 98.5 cm³/mol. The van der Waals surface area contributed by atoms with E-state index < -0.39 is 6.10 Å². The van der Waals surface area contributed by atoms with Crippen LogP contribution in [0.15, 0.2) is 54.6 Å². The topological polar surface area (TPSA) is 61.8 Å². The molecule has 26 heavy (non-hydrogen) atoms. The van der Waals surface area contributed by atoms with Gasteiger partial charge in [0.05, 0.1) is 6.61 Å². The molecule has 1 unspecified atom stereocenters. The lowest BCUT2D eigenvalue weighted by Crippen LogP contribution is -2.28. The Balaban J connectivity index is 1.90. The van der Waals surface area contributed by atoms with Gasteiger partial charge in [0.2, 0.25) is 0 Å². The molecule has 0 aliphatic heterocycles. The Labute approximate surface area is 153 Å². The number of Topliss-reactive ketones (excluding diaryl/α,β-unsaturated/α-hetero) is 1. The summed E-state index contributed by atoms with van der Waals surface area (Å²) in [6.45, 7) is 4.35. The fourth-order valence-corrected chi connectivity index (χ4v) is 2.44. The van der Waals surface area contributed by atoms with Gasteiger partial charge in [-0.05, 0) is 31.5 Å². The number of hydrogen-bond donors (Lipinski definition) is 0. The molecule has 5 nitrogen and oxygen atoms in total. The van der Waals surface area contributed by atoms with Crippen LogP contribution in [0.1, 0.15) is 29.8 Å². The molecule has 0 saturated heterocycles. The second-order valence-electron chi connectivity index (χ2n) is 5.62. The smallest absolute Gasteiger partial charge is 0.335 e. The van der Waals surface area contributed by atoms with Crippen LogP contribution in [0.3, 0.4) is 0 Å². The van der Waals surface area contributed by atoms with Crippen LogP contribution in [0, 0.1) is 0 Å². The minimum atomic E-state index is -0.619. The molecular formula is C21H24O5. The van der Waals surface area contributed by atoms with Crippen LogP contribution in [0.5, 0.6) is 5.75 Å². The number of esters is 1. The van der Waals surface area contributed by atoms with Crippen LogP contribution in [-0.4, -0.2) is 37.7 Å². The molecule has 5 heteroatoms. The van der Waals surface area contributed by atoms with Crippen molar-refractivity contribution >= 4 is 11.8 Å². The maximum Gasteiger partial charge on any atom is 0.335 e. The van der Waals surface area contributed by atoms with E-state index in [0.29, 0.717) is 30.9 Å². The van der Waals surface area contributed by atoms with E-state index in [0.717, 1.165) is 5.56 Å². The average Bonchev–Trinajstić information content (AvgIpc) is 2.67. The summed E-state index contributed by atoms with van der Waals surface area (Å²) in [6, 6.07) is 16.3. The maximum atomic E-state index is 12.0. The molecule has 1 atom stereocenters. The van der Waals surface area contributed by atoms with E-state index in [-0.39, 0.29) is 18.4 Å². The normalized spacial score (nSPS) is 11.6. The third-order valence-corrected chi connectivity index (χ3v) is 3.73. The Morgan fingerprint density at radius 1 is 0.923 bits per heavy atom. The number of carbonyl (C=O) groups is 2. The molecule has 0 spiro atoms. The van der Waals surface area contributed by atoms with Crippen LogP contribution in [0.2, 0.25) is 0 Å². The Kier molecular flexibility index (Phi) is 7.83. The van der Waals surface area contributed by atoms with Crippen LogP contribution >= 0.6 is 0 Å². The summed E-state index contributed by atoms with van der Waals surface area (Å²) in [6.07, 6.45) is -0.193. The number of ether oxygens (including phenoxy) is 3. The number of carbonyl (C=O) groups excluding carboxylic acids is 2. The zero-order chi connectivity index (χ0) is 18.8. The van der Waals surface area contributed by atoms with Gasteiger partial charge in [-0.15, -0.1) is 0 Å². The van der Waals surface area contributed by atoms with Crippen molar-refractivity contribution < 1.29 is 23.8 Å². The first-order chi connectivity index (χ1) is 12.6. The monoisotopic (exact) mass is 356 g/mol. The lowest BCUT2D eigenvalue weighted by Gasteiger charge is -2.15. The second-order valence-corrected chi connectivity index (χ2v) is 5.62. The minimum absolute atomic E-state index is 0.0201. The van der Waals surface area contributed by atoms with Gasteiger partial charge in [0.25, 0.3) is 0 Å².